The first-order valence-electron chi connectivity index (χ1n) is 10.1. The number of aryl methyl sites for hydroxylation is 1. The van der Waals surface area contributed by atoms with E-state index in [0.717, 1.165) is 21.5 Å². The molecule has 0 spiro atoms. The monoisotopic (exact) mass is 468 g/mol. The molecule has 166 valence electrons. The minimum atomic E-state index is -3.60. The van der Waals surface area contributed by atoms with Crippen molar-refractivity contribution < 1.29 is 13.2 Å². The van der Waals surface area contributed by atoms with E-state index in [-0.39, 0.29) is 17.3 Å². The molecular formula is C23H24N4O3S2. The summed E-state index contributed by atoms with van der Waals surface area (Å²) in [6, 6.07) is 18.6. The third kappa shape index (κ3) is 4.32. The second-order valence-corrected chi connectivity index (χ2v) is 10.8. The maximum Gasteiger partial charge on any atom is 0.261 e. The summed E-state index contributed by atoms with van der Waals surface area (Å²) in [7, 11) is -0.621. The number of hydrogen-bond donors (Lipinski definition) is 1. The van der Waals surface area contributed by atoms with Gasteiger partial charge in [0.2, 0.25) is 10.0 Å². The first-order chi connectivity index (χ1) is 15.3. The minimum absolute atomic E-state index is 0.117. The summed E-state index contributed by atoms with van der Waals surface area (Å²) >= 11 is 1.38. The van der Waals surface area contributed by atoms with Gasteiger partial charge in [0.15, 0.2) is 0 Å². The van der Waals surface area contributed by atoms with Crippen molar-refractivity contribution in [2.24, 2.45) is 0 Å². The molecule has 0 aliphatic carbocycles. The van der Waals surface area contributed by atoms with Gasteiger partial charge >= 0.3 is 0 Å². The summed E-state index contributed by atoms with van der Waals surface area (Å²) in [6.07, 6.45) is 0. The number of carbonyl (C=O) groups is 1. The van der Waals surface area contributed by atoms with E-state index < -0.39 is 10.0 Å². The first-order valence-corrected chi connectivity index (χ1v) is 12.3. The highest BCUT2D eigenvalue weighted by Crippen LogP contribution is 2.29. The lowest BCUT2D eigenvalue weighted by molar-refractivity contribution is 0.0954. The van der Waals surface area contributed by atoms with Crippen LogP contribution in [0.15, 0.2) is 65.6 Å². The van der Waals surface area contributed by atoms with E-state index in [1.807, 2.05) is 48.0 Å². The molecule has 2 aromatic carbocycles. The lowest BCUT2D eigenvalue weighted by atomic mass is 10.2. The fraction of sp³-hybridized carbons (Fsp3) is 0.217. The Morgan fingerprint density at radius 3 is 2.50 bits per heavy atom. The predicted octanol–water partition coefficient (Wildman–Crippen LogP) is 3.63. The molecule has 0 saturated heterocycles. The van der Waals surface area contributed by atoms with Gasteiger partial charge in [-0.05, 0) is 30.2 Å². The smallest absolute Gasteiger partial charge is 0.261 e. The number of rotatable bonds is 7. The fourth-order valence-corrected chi connectivity index (χ4v) is 5.64. The van der Waals surface area contributed by atoms with Gasteiger partial charge in [-0.3, -0.25) is 9.48 Å². The molecule has 0 bridgehead atoms. The highest BCUT2D eigenvalue weighted by molar-refractivity contribution is 7.89. The van der Waals surface area contributed by atoms with Crippen LogP contribution in [0.5, 0.6) is 0 Å². The van der Waals surface area contributed by atoms with E-state index in [1.165, 1.54) is 29.7 Å². The molecule has 7 nitrogen and oxygen atoms in total. The highest BCUT2D eigenvalue weighted by atomic mass is 32.2. The van der Waals surface area contributed by atoms with E-state index in [2.05, 4.69) is 10.4 Å². The van der Waals surface area contributed by atoms with Crippen molar-refractivity contribution >= 4 is 37.5 Å². The van der Waals surface area contributed by atoms with Crippen LogP contribution in [0.2, 0.25) is 0 Å². The first kappa shape index (κ1) is 22.2. The summed E-state index contributed by atoms with van der Waals surface area (Å²) in [6.45, 7) is 2.68. The topological polar surface area (TPSA) is 84.3 Å². The number of sulfonamides is 1. The predicted molar refractivity (Wildman–Crippen MR) is 126 cm³/mol. The van der Waals surface area contributed by atoms with Crippen LogP contribution in [-0.4, -0.2) is 42.5 Å². The Kier molecular flexibility index (Phi) is 6.14. The number of nitrogens with zero attached hydrogens (tertiary/aromatic N) is 3. The lowest BCUT2D eigenvalue weighted by Gasteiger charge is -2.15. The summed E-state index contributed by atoms with van der Waals surface area (Å²) < 4.78 is 28.2. The molecule has 0 unspecified atom stereocenters. The number of hydrogen-bond acceptors (Lipinski definition) is 5. The molecule has 1 amide bonds. The molecule has 0 fully saturated rings. The average molecular weight is 469 g/mol. The zero-order chi connectivity index (χ0) is 22.9. The van der Waals surface area contributed by atoms with Gasteiger partial charge in [0, 0.05) is 26.0 Å². The van der Waals surface area contributed by atoms with Crippen LogP contribution in [0.4, 0.5) is 0 Å². The Bertz CT molecular complexity index is 1370. The van der Waals surface area contributed by atoms with Crippen LogP contribution >= 0.6 is 11.3 Å². The van der Waals surface area contributed by atoms with Crippen molar-refractivity contribution in [2.75, 3.05) is 14.1 Å². The van der Waals surface area contributed by atoms with E-state index in [9.17, 15) is 13.2 Å². The maximum absolute atomic E-state index is 12.9. The third-order valence-corrected chi connectivity index (χ3v) is 8.24. The van der Waals surface area contributed by atoms with Crippen molar-refractivity contribution in [3.05, 3.63) is 82.4 Å². The van der Waals surface area contributed by atoms with Crippen molar-refractivity contribution in [2.45, 2.75) is 24.9 Å². The largest absolute Gasteiger partial charge is 0.347 e. The second kappa shape index (κ2) is 8.85. The van der Waals surface area contributed by atoms with E-state index in [0.29, 0.717) is 17.0 Å². The molecule has 0 aliphatic rings. The zero-order valence-corrected chi connectivity index (χ0v) is 19.7. The van der Waals surface area contributed by atoms with Gasteiger partial charge in [-0.1, -0.05) is 48.5 Å². The van der Waals surface area contributed by atoms with Gasteiger partial charge in [0.05, 0.1) is 22.0 Å². The van der Waals surface area contributed by atoms with E-state index in [1.54, 1.807) is 24.3 Å². The van der Waals surface area contributed by atoms with Gasteiger partial charge in [0.25, 0.3) is 5.91 Å². The van der Waals surface area contributed by atoms with E-state index in [4.69, 9.17) is 0 Å². The molecular weight excluding hydrogens is 444 g/mol. The molecule has 1 N–H and O–H groups in total. The van der Waals surface area contributed by atoms with Crippen LogP contribution in [-0.2, 0) is 23.1 Å². The Morgan fingerprint density at radius 1 is 1.09 bits per heavy atom. The third-order valence-electron chi connectivity index (χ3n) is 5.18. The van der Waals surface area contributed by atoms with Crippen molar-refractivity contribution in [1.29, 1.82) is 0 Å². The van der Waals surface area contributed by atoms with Crippen molar-refractivity contribution in [3.63, 3.8) is 0 Å². The molecule has 0 radical (unpaired) electrons. The Balaban J connectivity index is 1.55. The number of benzene rings is 2. The number of aromatic nitrogens is 2. The van der Waals surface area contributed by atoms with Crippen LogP contribution in [0.1, 0.15) is 26.5 Å². The van der Waals surface area contributed by atoms with Gasteiger partial charge in [-0.2, -0.15) is 5.10 Å². The van der Waals surface area contributed by atoms with Crippen molar-refractivity contribution in [3.8, 4) is 0 Å². The number of fused-ring (bicyclic) bond motifs is 1. The highest BCUT2D eigenvalue weighted by Gasteiger charge is 2.22. The Hall–Kier alpha value is -3.01. The maximum atomic E-state index is 12.9. The summed E-state index contributed by atoms with van der Waals surface area (Å²) in [5, 5.41) is 8.43. The lowest BCUT2D eigenvalue weighted by Crippen LogP contribution is -2.26. The quantitative estimate of drug-likeness (QED) is 0.449. The molecule has 0 atom stereocenters. The molecule has 4 rings (SSSR count). The Morgan fingerprint density at radius 2 is 1.78 bits per heavy atom. The number of nitrogens with one attached hydrogen (secondary N) is 1. The molecule has 9 heteroatoms. The molecule has 2 heterocycles. The molecule has 0 aliphatic heterocycles. The Labute approximate surface area is 191 Å². The van der Waals surface area contributed by atoms with Crippen LogP contribution in [0, 0.1) is 6.92 Å². The molecule has 4 aromatic rings. The number of thiophene rings is 1. The summed E-state index contributed by atoms with van der Waals surface area (Å²) in [5.74, 6) is -0.242. The SMILES string of the molecule is Cc1nn(Cc2ccccc2)c2sc(C(=O)NCc3ccccc3S(=O)(=O)N(C)C)cc12. The van der Waals surface area contributed by atoms with Gasteiger partial charge in [-0.25, -0.2) is 12.7 Å². The number of carbonyl (C=O) groups excluding carboxylic acids is 1. The van der Waals surface area contributed by atoms with Crippen LogP contribution in [0.25, 0.3) is 10.2 Å². The number of amides is 1. The summed E-state index contributed by atoms with van der Waals surface area (Å²) in [5.41, 5.74) is 2.55. The van der Waals surface area contributed by atoms with Crippen LogP contribution in [0.3, 0.4) is 0 Å². The molecule has 2 aromatic heterocycles. The normalized spacial score (nSPS) is 11.9. The standard InChI is InChI=1S/C23H24N4O3S2/c1-16-19-13-20(31-23(19)27(25-16)15-17-9-5-4-6-10-17)22(28)24-14-18-11-7-8-12-21(18)32(29,30)26(2)3/h4-13H,14-15H2,1-3H3,(H,24,28). The molecule has 32 heavy (non-hydrogen) atoms. The molecule has 0 saturated carbocycles. The van der Waals surface area contributed by atoms with Gasteiger partial charge in [0.1, 0.15) is 4.83 Å². The average Bonchev–Trinajstić information content (AvgIpc) is 3.34. The fourth-order valence-electron chi connectivity index (χ4n) is 3.45. The van der Waals surface area contributed by atoms with Gasteiger partial charge < -0.3 is 5.32 Å². The van der Waals surface area contributed by atoms with Crippen LogP contribution < -0.4 is 5.32 Å². The van der Waals surface area contributed by atoms with Crippen molar-refractivity contribution in [1.82, 2.24) is 19.4 Å². The second-order valence-electron chi connectivity index (χ2n) is 7.64. The van der Waals surface area contributed by atoms with Gasteiger partial charge in [-0.15, -0.1) is 11.3 Å². The van der Waals surface area contributed by atoms with E-state index >= 15 is 0 Å². The zero-order valence-electron chi connectivity index (χ0n) is 18.1. The minimum Gasteiger partial charge on any atom is -0.347 e. The summed E-state index contributed by atoms with van der Waals surface area (Å²) in [4.78, 5) is 14.6.